The lowest BCUT2D eigenvalue weighted by Gasteiger charge is -2.25. The van der Waals surface area contributed by atoms with E-state index in [0.717, 1.165) is 21.5 Å². The summed E-state index contributed by atoms with van der Waals surface area (Å²) in [7, 11) is 0. The standard InChI is InChI=1S/C9H12Br2/c1-5-2-3-6-4-7(10)8(5)9(6)11/h2,6-9H,3-4H2,1H3/t6-,7-,8+,9+/m0/s1. The Morgan fingerprint density at radius 2 is 2.18 bits per heavy atom. The maximum atomic E-state index is 3.79. The van der Waals surface area contributed by atoms with Gasteiger partial charge in [-0.3, -0.25) is 0 Å². The molecule has 11 heavy (non-hydrogen) atoms. The summed E-state index contributed by atoms with van der Waals surface area (Å²) < 4.78 is 0. The molecule has 0 amide bonds. The highest BCUT2D eigenvalue weighted by Gasteiger charge is 2.43. The Morgan fingerprint density at radius 3 is 2.82 bits per heavy atom. The van der Waals surface area contributed by atoms with Crippen molar-refractivity contribution in [1.29, 1.82) is 0 Å². The molecule has 62 valence electrons. The van der Waals surface area contributed by atoms with Gasteiger partial charge in [0.25, 0.3) is 0 Å². The fourth-order valence-electron chi connectivity index (χ4n) is 2.29. The molecule has 0 spiro atoms. The first-order chi connectivity index (χ1) is 5.20. The molecule has 0 heterocycles. The Balaban J connectivity index is 2.29. The van der Waals surface area contributed by atoms with Gasteiger partial charge in [0, 0.05) is 15.6 Å². The summed E-state index contributed by atoms with van der Waals surface area (Å²) in [5.41, 5.74) is 1.57. The van der Waals surface area contributed by atoms with Gasteiger partial charge in [-0.1, -0.05) is 43.5 Å². The van der Waals surface area contributed by atoms with E-state index in [2.05, 4.69) is 44.9 Å². The van der Waals surface area contributed by atoms with Gasteiger partial charge < -0.3 is 0 Å². The van der Waals surface area contributed by atoms with Crippen molar-refractivity contribution in [1.82, 2.24) is 0 Å². The van der Waals surface area contributed by atoms with Crippen molar-refractivity contribution < 1.29 is 0 Å². The van der Waals surface area contributed by atoms with Crippen LogP contribution in [-0.4, -0.2) is 9.65 Å². The number of hydrogen-bond acceptors (Lipinski definition) is 0. The third kappa shape index (κ3) is 1.23. The maximum Gasteiger partial charge on any atom is 0.0253 e. The van der Waals surface area contributed by atoms with Crippen LogP contribution in [0.1, 0.15) is 19.8 Å². The fraction of sp³-hybridized carbons (Fsp3) is 0.778. The molecule has 0 saturated heterocycles. The van der Waals surface area contributed by atoms with Gasteiger partial charge in [-0.15, -0.1) is 0 Å². The van der Waals surface area contributed by atoms with Crippen LogP contribution in [0.15, 0.2) is 11.6 Å². The molecule has 0 aromatic rings. The SMILES string of the molecule is CC1=CC[C@H]2C[C@H](Br)[C@@H]1[C@@H]2Br. The number of hydrogen-bond donors (Lipinski definition) is 0. The third-order valence-electron chi connectivity index (χ3n) is 2.98. The zero-order chi connectivity index (χ0) is 8.01. The zero-order valence-corrected chi connectivity index (χ0v) is 9.73. The summed E-state index contributed by atoms with van der Waals surface area (Å²) in [6.07, 6.45) is 5.03. The van der Waals surface area contributed by atoms with Crippen molar-refractivity contribution in [2.24, 2.45) is 11.8 Å². The van der Waals surface area contributed by atoms with Crippen LogP contribution in [0.5, 0.6) is 0 Å². The Hall–Kier alpha value is 0.700. The first-order valence-corrected chi connectivity index (χ1v) is 5.98. The van der Waals surface area contributed by atoms with Gasteiger partial charge >= 0.3 is 0 Å². The van der Waals surface area contributed by atoms with E-state index in [-0.39, 0.29) is 0 Å². The normalized spacial score (nSPS) is 49.2. The summed E-state index contributed by atoms with van der Waals surface area (Å²) in [6, 6.07) is 0. The van der Waals surface area contributed by atoms with Crippen molar-refractivity contribution in [3.63, 3.8) is 0 Å². The largest absolute Gasteiger partial charge is 0.0884 e. The first kappa shape index (κ1) is 8.31. The molecule has 2 rings (SSSR count). The Morgan fingerprint density at radius 1 is 1.45 bits per heavy atom. The molecule has 2 bridgehead atoms. The maximum absolute atomic E-state index is 3.79. The predicted octanol–water partition coefficient (Wildman–Crippen LogP) is 3.50. The van der Waals surface area contributed by atoms with Gasteiger partial charge in [0.15, 0.2) is 0 Å². The van der Waals surface area contributed by atoms with Crippen LogP contribution in [0.3, 0.4) is 0 Å². The average molecular weight is 280 g/mol. The van der Waals surface area contributed by atoms with E-state index in [1.807, 2.05) is 0 Å². The highest BCUT2D eigenvalue weighted by atomic mass is 79.9. The molecular formula is C9H12Br2. The number of alkyl halides is 2. The smallest absolute Gasteiger partial charge is 0.0253 e. The molecule has 2 heteroatoms. The van der Waals surface area contributed by atoms with Gasteiger partial charge in [-0.2, -0.15) is 0 Å². The second kappa shape index (κ2) is 2.88. The molecular weight excluding hydrogens is 268 g/mol. The Bertz CT molecular complexity index is 198. The molecule has 0 aromatic heterocycles. The van der Waals surface area contributed by atoms with E-state index in [1.54, 1.807) is 5.57 Å². The molecule has 0 aliphatic heterocycles. The number of halogens is 2. The zero-order valence-electron chi connectivity index (χ0n) is 6.56. The van der Waals surface area contributed by atoms with Crippen LogP contribution in [0, 0.1) is 11.8 Å². The second-order valence-electron chi connectivity index (χ2n) is 3.67. The van der Waals surface area contributed by atoms with Crippen molar-refractivity contribution >= 4 is 31.9 Å². The molecule has 0 nitrogen and oxygen atoms in total. The van der Waals surface area contributed by atoms with Crippen LogP contribution < -0.4 is 0 Å². The molecule has 1 saturated carbocycles. The highest BCUT2D eigenvalue weighted by molar-refractivity contribution is 9.10. The minimum absolute atomic E-state index is 0.718. The number of rotatable bonds is 0. The minimum Gasteiger partial charge on any atom is -0.0884 e. The molecule has 0 aromatic carbocycles. The summed E-state index contributed by atoms with van der Waals surface area (Å²) in [4.78, 5) is 1.45. The molecule has 2 aliphatic rings. The molecule has 0 unspecified atom stereocenters. The molecule has 1 fully saturated rings. The van der Waals surface area contributed by atoms with Gasteiger partial charge in [-0.05, 0) is 25.7 Å². The fourth-order valence-corrected chi connectivity index (χ4v) is 5.15. The lowest BCUT2D eigenvalue weighted by atomic mass is 9.89. The molecule has 0 N–H and O–H groups in total. The Kier molecular flexibility index (Phi) is 2.17. The molecule has 2 aliphatic carbocycles. The van der Waals surface area contributed by atoms with Gasteiger partial charge in [0.05, 0.1) is 0 Å². The number of allylic oxidation sites excluding steroid dienone is 2. The van der Waals surface area contributed by atoms with Gasteiger partial charge in [0.1, 0.15) is 0 Å². The lowest BCUT2D eigenvalue weighted by Crippen LogP contribution is -2.21. The van der Waals surface area contributed by atoms with Gasteiger partial charge in [-0.25, -0.2) is 0 Å². The molecule has 0 radical (unpaired) electrons. The highest BCUT2D eigenvalue weighted by Crippen LogP contribution is 2.49. The van der Waals surface area contributed by atoms with Crippen molar-refractivity contribution in [3.05, 3.63) is 11.6 Å². The van der Waals surface area contributed by atoms with Crippen molar-refractivity contribution in [3.8, 4) is 0 Å². The average Bonchev–Trinajstić information content (AvgIpc) is 2.11. The second-order valence-corrected chi connectivity index (χ2v) is 5.90. The van der Waals surface area contributed by atoms with Gasteiger partial charge in [0.2, 0.25) is 0 Å². The Labute approximate surface area is 84.7 Å². The van der Waals surface area contributed by atoms with Crippen LogP contribution >= 0.6 is 31.9 Å². The van der Waals surface area contributed by atoms with Crippen LogP contribution in [0.25, 0.3) is 0 Å². The summed E-state index contributed by atoms with van der Waals surface area (Å²) in [6.45, 7) is 2.26. The lowest BCUT2D eigenvalue weighted by molar-refractivity contribution is 0.528. The minimum atomic E-state index is 0.718. The topological polar surface area (TPSA) is 0 Å². The van der Waals surface area contributed by atoms with E-state index in [1.165, 1.54) is 12.8 Å². The van der Waals surface area contributed by atoms with E-state index in [9.17, 15) is 0 Å². The monoisotopic (exact) mass is 278 g/mol. The predicted molar refractivity (Wildman–Crippen MR) is 55.4 cm³/mol. The van der Waals surface area contributed by atoms with Crippen LogP contribution in [0.4, 0.5) is 0 Å². The van der Waals surface area contributed by atoms with E-state index in [0.29, 0.717) is 0 Å². The summed E-state index contributed by atoms with van der Waals surface area (Å²) in [5.74, 6) is 1.64. The summed E-state index contributed by atoms with van der Waals surface area (Å²) >= 11 is 7.55. The quantitative estimate of drug-likeness (QED) is 0.470. The number of fused-ring (bicyclic) bond motifs is 2. The summed E-state index contributed by atoms with van der Waals surface area (Å²) in [5, 5.41) is 0. The third-order valence-corrected chi connectivity index (χ3v) is 5.24. The van der Waals surface area contributed by atoms with E-state index in [4.69, 9.17) is 0 Å². The van der Waals surface area contributed by atoms with Crippen molar-refractivity contribution in [2.75, 3.05) is 0 Å². The molecule has 4 atom stereocenters. The van der Waals surface area contributed by atoms with Crippen LogP contribution in [0.2, 0.25) is 0 Å². The van der Waals surface area contributed by atoms with Crippen molar-refractivity contribution in [2.45, 2.75) is 29.4 Å². The van der Waals surface area contributed by atoms with E-state index >= 15 is 0 Å². The first-order valence-electron chi connectivity index (χ1n) is 4.15. The van der Waals surface area contributed by atoms with E-state index < -0.39 is 0 Å². The van der Waals surface area contributed by atoms with Crippen LogP contribution in [-0.2, 0) is 0 Å².